The SMILES string of the molecule is C[Si](C)OC(Oc1ccccc1B(O)O)c1cccc(C(C)(C)C)c1. The molecule has 0 aliphatic heterocycles. The first-order valence-corrected chi connectivity index (χ1v) is 10.8. The van der Waals surface area contributed by atoms with Crippen molar-refractivity contribution in [2.24, 2.45) is 0 Å². The zero-order valence-electron chi connectivity index (χ0n) is 15.5. The quantitative estimate of drug-likeness (QED) is 0.616. The number of hydrogen-bond acceptors (Lipinski definition) is 4. The van der Waals surface area contributed by atoms with E-state index >= 15 is 0 Å². The molecule has 0 saturated heterocycles. The highest BCUT2D eigenvalue weighted by Crippen LogP contribution is 2.28. The Morgan fingerprint density at radius 3 is 2.28 bits per heavy atom. The van der Waals surface area contributed by atoms with Gasteiger partial charge in [0.2, 0.25) is 15.3 Å². The lowest BCUT2D eigenvalue weighted by Crippen LogP contribution is -2.32. The fourth-order valence-corrected chi connectivity index (χ4v) is 3.05. The van der Waals surface area contributed by atoms with Gasteiger partial charge in [-0.2, -0.15) is 0 Å². The maximum absolute atomic E-state index is 9.56. The van der Waals surface area contributed by atoms with Gasteiger partial charge in [-0.05, 0) is 36.2 Å². The molecule has 133 valence electrons. The Hall–Kier alpha value is -1.60. The molecule has 2 N–H and O–H groups in total. The van der Waals surface area contributed by atoms with Crippen LogP contribution in [-0.2, 0) is 9.84 Å². The van der Waals surface area contributed by atoms with E-state index < -0.39 is 22.4 Å². The highest BCUT2D eigenvalue weighted by Gasteiger charge is 2.23. The summed E-state index contributed by atoms with van der Waals surface area (Å²) in [5.74, 6) is 0.409. The molecule has 1 radical (unpaired) electrons. The molecule has 4 nitrogen and oxygen atoms in total. The molecule has 0 saturated carbocycles. The second-order valence-corrected chi connectivity index (χ2v) is 9.32. The van der Waals surface area contributed by atoms with E-state index in [9.17, 15) is 10.0 Å². The van der Waals surface area contributed by atoms with Gasteiger partial charge in [0, 0.05) is 11.0 Å². The van der Waals surface area contributed by atoms with Crippen LogP contribution in [-0.4, -0.2) is 26.2 Å². The van der Waals surface area contributed by atoms with Gasteiger partial charge in [0.1, 0.15) is 5.75 Å². The molecule has 0 heterocycles. The summed E-state index contributed by atoms with van der Waals surface area (Å²) in [6.07, 6.45) is -0.592. The van der Waals surface area contributed by atoms with Crippen LogP contribution in [0.3, 0.4) is 0 Å². The molecular weight excluding hydrogens is 331 g/mol. The summed E-state index contributed by atoms with van der Waals surface area (Å²) in [6.45, 7) is 10.6. The van der Waals surface area contributed by atoms with E-state index in [2.05, 4.69) is 32.9 Å². The fourth-order valence-electron chi connectivity index (χ4n) is 2.44. The van der Waals surface area contributed by atoms with Gasteiger partial charge in [-0.3, -0.25) is 0 Å². The summed E-state index contributed by atoms with van der Waals surface area (Å²) < 4.78 is 12.1. The average Bonchev–Trinajstić information content (AvgIpc) is 2.53. The minimum absolute atomic E-state index is 0.0198. The normalized spacial score (nSPS) is 13.0. The molecule has 0 aliphatic rings. The van der Waals surface area contributed by atoms with Gasteiger partial charge in [-0.15, -0.1) is 0 Å². The van der Waals surface area contributed by atoms with Gasteiger partial charge < -0.3 is 19.2 Å². The first kappa shape index (κ1) is 19.7. The second-order valence-electron chi connectivity index (χ2n) is 7.26. The highest BCUT2D eigenvalue weighted by molar-refractivity contribution is 6.59. The van der Waals surface area contributed by atoms with Crippen LogP contribution in [0.15, 0.2) is 48.5 Å². The van der Waals surface area contributed by atoms with Gasteiger partial charge in [-0.25, -0.2) is 0 Å². The minimum atomic E-state index is -1.59. The third kappa shape index (κ3) is 5.44. The molecule has 1 unspecified atom stereocenters. The van der Waals surface area contributed by atoms with Crippen molar-refractivity contribution in [2.75, 3.05) is 0 Å². The Morgan fingerprint density at radius 1 is 1.00 bits per heavy atom. The van der Waals surface area contributed by atoms with Crippen molar-refractivity contribution < 1.29 is 19.2 Å². The molecule has 0 fully saturated rings. The van der Waals surface area contributed by atoms with Gasteiger partial charge in [0.05, 0.1) is 0 Å². The molecule has 0 aliphatic carbocycles. The van der Waals surface area contributed by atoms with Crippen LogP contribution in [0.4, 0.5) is 0 Å². The summed E-state index contributed by atoms with van der Waals surface area (Å²) in [6, 6.07) is 15.1. The van der Waals surface area contributed by atoms with E-state index in [1.165, 1.54) is 5.56 Å². The summed E-state index contributed by atoms with van der Waals surface area (Å²) in [5, 5.41) is 19.1. The molecule has 2 rings (SSSR count). The van der Waals surface area contributed by atoms with E-state index in [-0.39, 0.29) is 5.41 Å². The molecule has 25 heavy (non-hydrogen) atoms. The Balaban J connectivity index is 2.38. The molecule has 0 amide bonds. The maximum Gasteiger partial charge on any atom is 0.492 e. The van der Waals surface area contributed by atoms with Crippen LogP contribution in [0, 0.1) is 0 Å². The molecule has 6 heteroatoms. The van der Waals surface area contributed by atoms with E-state index in [0.29, 0.717) is 11.2 Å². The van der Waals surface area contributed by atoms with Crippen LogP contribution in [0.2, 0.25) is 13.1 Å². The van der Waals surface area contributed by atoms with Gasteiger partial charge in [0.15, 0.2) is 0 Å². The van der Waals surface area contributed by atoms with E-state index in [0.717, 1.165) is 5.56 Å². The molecule has 1 atom stereocenters. The van der Waals surface area contributed by atoms with Crippen molar-refractivity contribution in [2.45, 2.75) is 45.6 Å². The predicted molar refractivity (Wildman–Crippen MR) is 103 cm³/mol. The number of para-hydroxylation sites is 1. The van der Waals surface area contributed by atoms with Crippen molar-refractivity contribution in [3.05, 3.63) is 59.7 Å². The highest BCUT2D eigenvalue weighted by atomic mass is 28.3. The zero-order chi connectivity index (χ0) is 18.6. The van der Waals surface area contributed by atoms with E-state index in [4.69, 9.17) is 9.16 Å². The van der Waals surface area contributed by atoms with Crippen molar-refractivity contribution in [1.29, 1.82) is 0 Å². The molecule has 0 spiro atoms. The third-order valence-corrected chi connectivity index (χ3v) is 4.48. The van der Waals surface area contributed by atoms with Gasteiger partial charge >= 0.3 is 7.12 Å². The van der Waals surface area contributed by atoms with Crippen LogP contribution < -0.4 is 10.2 Å². The summed E-state index contributed by atoms with van der Waals surface area (Å²) in [7, 11) is -2.62. The molecular formula is C19H26BO4Si. The van der Waals surface area contributed by atoms with Crippen molar-refractivity contribution in [1.82, 2.24) is 0 Å². The molecule has 2 aromatic carbocycles. The lowest BCUT2D eigenvalue weighted by atomic mass is 9.79. The number of hydrogen-bond donors (Lipinski definition) is 2. The van der Waals surface area contributed by atoms with Crippen molar-refractivity contribution in [3.63, 3.8) is 0 Å². The number of ether oxygens (including phenoxy) is 1. The van der Waals surface area contributed by atoms with Gasteiger partial charge in [0.25, 0.3) is 0 Å². The summed E-state index contributed by atoms with van der Waals surface area (Å²) in [4.78, 5) is 0. The van der Waals surface area contributed by atoms with Gasteiger partial charge in [-0.1, -0.05) is 57.2 Å². The lowest BCUT2D eigenvalue weighted by Gasteiger charge is -2.25. The predicted octanol–water partition coefficient (Wildman–Crippen LogP) is 3.01. The van der Waals surface area contributed by atoms with Crippen LogP contribution in [0.25, 0.3) is 0 Å². The second kappa shape index (κ2) is 8.19. The monoisotopic (exact) mass is 357 g/mol. The molecule has 0 bridgehead atoms. The topological polar surface area (TPSA) is 58.9 Å². The standard InChI is InChI=1S/C19H26BO4Si/c1-19(2,3)15-10-8-9-14(13-15)18(24-25(4)5)23-17-12-7-6-11-16(17)20(21)22/h6-13,18,21-22H,1-5H3. The smallest absolute Gasteiger partial charge is 0.462 e. The third-order valence-electron chi connectivity index (χ3n) is 3.80. The first-order chi connectivity index (χ1) is 11.7. The zero-order valence-corrected chi connectivity index (χ0v) is 16.5. The fraction of sp³-hybridized carbons (Fsp3) is 0.368. The van der Waals surface area contributed by atoms with Crippen LogP contribution in [0.1, 0.15) is 38.2 Å². The Labute approximate surface area is 152 Å². The first-order valence-electron chi connectivity index (χ1n) is 8.37. The molecule has 2 aromatic rings. The van der Waals surface area contributed by atoms with Crippen LogP contribution >= 0.6 is 0 Å². The van der Waals surface area contributed by atoms with E-state index in [1.54, 1.807) is 24.3 Å². The largest absolute Gasteiger partial charge is 0.492 e. The maximum atomic E-state index is 9.56. The Bertz CT molecular complexity index is 698. The number of rotatable bonds is 6. The average molecular weight is 357 g/mol. The summed E-state index contributed by atoms with van der Waals surface area (Å²) in [5.41, 5.74) is 2.45. The van der Waals surface area contributed by atoms with Crippen molar-refractivity contribution in [3.8, 4) is 5.75 Å². The van der Waals surface area contributed by atoms with Crippen LogP contribution in [0.5, 0.6) is 5.75 Å². The Morgan fingerprint density at radius 2 is 1.68 bits per heavy atom. The summed E-state index contributed by atoms with van der Waals surface area (Å²) >= 11 is 0. The van der Waals surface area contributed by atoms with Crippen molar-refractivity contribution >= 4 is 21.6 Å². The minimum Gasteiger partial charge on any atom is -0.462 e. The molecule has 0 aromatic heterocycles. The van der Waals surface area contributed by atoms with E-state index in [1.807, 2.05) is 25.2 Å². The number of benzene rings is 2. The Kier molecular flexibility index (Phi) is 6.46. The lowest BCUT2D eigenvalue weighted by molar-refractivity contribution is 0.00293.